The highest BCUT2D eigenvalue weighted by atomic mass is 35.5. The molecule has 24 heavy (non-hydrogen) atoms. The number of halogens is 1. The highest BCUT2D eigenvalue weighted by Crippen LogP contribution is 2.30. The van der Waals surface area contributed by atoms with Gasteiger partial charge in [0, 0.05) is 37.7 Å². The Hall–Kier alpha value is -1.30. The monoisotopic (exact) mass is 352 g/mol. The van der Waals surface area contributed by atoms with Gasteiger partial charge in [0.15, 0.2) is 6.79 Å². The number of methoxy groups -OCH3 is 1. The molecule has 0 aliphatic carbocycles. The molecule has 2 aliphatic heterocycles. The minimum atomic E-state index is 0.0233. The molecule has 0 N–H and O–H groups in total. The van der Waals surface area contributed by atoms with E-state index in [1.54, 1.807) is 13.2 Å². The summed E-state index contributed by atoms with van der Waals surface area (Å²) in [7, 11) is 1.58. The summed E-state index contributed by atoms with van der Waals surface area (Å²) in [5, 5.41) is 4.84. The number of piperidine rings is 1. The lowest BCUT2D eigenvalue weighted by Gasteiger charge is -2.34. The Bertz CT molecular complexity index is 575. The van der Waals surface area contributed by atoms with Gasteiger partial charge in [-0.3, -0.25) is 9.80 Å². The molecular weight excluding hydrogens is 328 g/mol. The fraction of sp³-hybridized carbons (Fsp3) is 0.611. The number of rotatable bonds is 6. The Labute approximate surface area is 148 Å². The van der Waals surface area contributed by atoms with Crippen LogP contribution >= 0.6 is 11.6 Å². The number of benzene rings is 1. The Morgan fingerprint density at radius 2 is 2.00 bits per heavy atom. The zero-order valence-electron chi connectivity index (χ0n) is 14.2. The molecule has 2 fully saturated rings. The largest absolute Gasteiger partial charge is 0.468 e. The predicted octanol–water partition coefficient (Wildman–Crippen LogP) is 3.11. The Balaban J connectivity index is 1.61. The first-order chi connectivity index (χ1) is 11.7. The molecule has 1 unspecified atom stereocenters. The van der Waals surface area contributed by atoms with Crippen LogP contribution in [0.1, 0.15) is 31.2 Å². The summed E-state index contributed by atoms with van der Waals surface area (Å²) in [6.45, 7) is 3.03. The van der Waals surface area contributed by atoms with Crippen molar-refractivity contribution < 1.29 is 14.3 Å². The van der Waals surface area contributed by atoms with E-state index in [0.29, 0.717) is 17.2 Å². The van der Waals surface area contributed by atoms with E-state index in [0.717, 1.165) is 31.6 Å². The number of hydrogen-bond acceptors (Lipinski definition) is 4. The van der Waals surface area contributed by atoms with Crippen molar-refractivity contribution in [1.29, 1.82) is 0 Å². The smallest absolute Gasteiger partial charge is 0.240 e. The van der Waals surface area contributed by atoms with Crippen molar-refractivity contribution in [2.24, 2.45) is 5.92 Å². The third kappa shape index (κ3) is 4.02. The summed E-state index contributed by atoms with van der Waals surface area (Å²) >= 11 is 6.36. The maximum atomic E-state index is 12.7. The molecule has 1 aromatic rings. The topological polar surface area (TPSA) is 42.0 Å². The summed E-state index contributed by atoms with van der Waals surface area (Å²) in [5.41, 5.74) is 1.00. The lowest BCUT2D eigenvalue weighted by molar-refractivity contribution is -0.147. The van der Waals surface area contributed by atoms with Crippen molar-refractivity contribution in [2.45, 2.75) is 32.1 Å². The van der Waals surface area contributed by atoms with E-state index in [-0.39, 0.29) is 18.6 Å². The van der Waals surface area contributed by atoms with Gasteiger partial charge in [-0.2, -0.15) is 0 Å². The number of hydrazine groups is 1. The van der Waals surface area contributed by atoms with Gasteiger partial charge in [0.05, 0.1) is 0 Å². The van der Waals surface area contributed by atoms with E-state index < -0.39 is 0 Å². The maximum Gasteiger partial charge on any atom is 0.240 e. The van der Waals surface area contributed by atoms with Crippen molar-refractivity contribution in [3.63, 3.8) is 0 Å². The predicted molar refractivity (Wildman–Crippen MR) is 92.9 cm³/mol. The SMILES string of the molecule is COCOc1ccc(CC2CCN(N3CCCCC3)C2=O)c(Cl)c1. The molecule has 0 bridgehead atoms. The summed E-state index contributed by atoms with van der Waals surface area (Å²) in [5.74, 6) is 0.945. The summed E-state index contributed by atoms with van der Waals surface area (Å²) in [6, 6.07) is 5.62. The van der Waals surface area contributed by atoms with Gasteiger partial charge in [-0.25, -0.2) is 5.01 Å². The van der Waals surface area contributed by atoms with Gasteiger partial charge in [-0.1, -0.05) is 24.1 Å². The molecule has 132 valence electrons. The van der Waals surface area contributed by atoms with Gasteiger partial charge in [0.25, 0.3) is 0 Å². The molecule has 2 aliphatic rings. The Kier molecular flexibility index (Phi) is 5.98. The number of nitrogens with zero attached hydrogens (tertiary/aromatic N) is 2. The van der Waals surface area contributed by atoms with E-state index in [4.69, 9.17) is 21.1 Å². The second-order valence-electron chi connectivity index (χ2n) is 6.47. The molecule has 1 amide bonds. The fourth-order valence-electron chi connectivity index (χ4n) is 3.49. The molecule has 1 aromatic carbocycles. The number of ether oxygens (including phenoxy) is 2. The van der Waals surface area contributed by atoms with Crippen LogP contribution in [-0.2, 0) is 16.0 Å². The minimum Gasteiger partial charge on any atom is -0.468 e. The van der Waals surface area contributed by atoms with Crippen LogP contribution in [0.5, 0.6) is 5.75 Å². The lowest BCUT2D eigenvalue weighted by Crippen LogP contribution is -2.47. The second-order valence-corrected chi connectivity index (χ2v) is 6.88. The first-order valence-electron chi connectivity index (χ1n) is 8.65. The Morgan fingerprint density at radius 1 is 1.21 bits per heavy atom. The fourth-order valence-corrected chi connectivity index (χ4v) is 3.73. The zero-order chi connectivity index (χ0) is 16.9. The van der Waals surface area contributed by atoms with E-state index in [9.17, 15) is 4.79 Å². The third-order valence-corrected chi connectivity index (χ3v) is 5.15. The molecule has 2 heterocycles. The highest BCUT2D eigenvalue weighted by Gasteiger charge is 2.35. The van der Waals surface area contributed by atoms with E-state index >= 15 is 0 Å². The van der Waals surface area contributed by atoms with Crippen LogP contribution in [0.3, 0.4) is 0 Å². The van der Waals surface area contributed by atoms with Crippen molar-refractivity contribution in [3.8, 4) is 5.75 Å². The van der Waals surface area contributed by atoms with Crippen LogP contribution < -0.4 is 4.74 Å². The summed E-state index contributed by atoms with van der Waals surface area (Å²) < 4.78 is 10.3. The van der Waals surface area contributed by atoms with Crippen molar-refractivity contribution in [3.05, 3.63) is 28.8 Å². The normalized spacial score (nSPS) is 22.2. The molecule has 3 rings (SSSR count). The first-order valence-corrected chi connectivity index (χ1v) is 9.03. The quantitative estimate of drug-likeness (QED) is 0.738. The van der Waals surface area contributed by atoms with E-state index in [1.165, 1.54) is 19.3 Å². The van der Waals surface area contributed by atoms with Crippen LogP contribution in [0, 0.1) is 5.92 Å². The molecule has 6 heteroatoms. The zero-order valence-corrected chi connectivity index (χ0v) is 14.9. The van der Waals surface area contributed by atoms with Crippen LogP contribution in [0.4, 0.5) is 0 Å². The maximum absolute atomic E-state index is 12.7. The molecule has 1 atom stereocenters. The lowest BCUT2D eigenvalue weighted by atomic mass is 9.98. The average molecular weight is 353 g/mol. The van der Waals surface area contributed by atoms with Gasteiger partial charge in [0.2, 0.25) is 5.91 Å². The summed E-state index contributed by atoms with van der Waals surface area (Å²) in [6.07, 6.45) is 5.22. The highest BCUT2D eigenvalue weighted by molar-refractivity contribution is 6.31. The second kappa shape index (κ2) is 8.19. The standard InChI is InChI=1S/C18H25ClN2O3/c1-23-13-24-16-6-5-14(17(19)12-16)11-15-7-10-21(18(15)22)20-8-3-2-4-9-20/h5-6,12,15H,2-4,7-11,13H2,1H3. The number of carbonyl (C=O) groups excluding carboxylic acids is 1. The molecule has 0 spiro atoms. The minimum absolute atomic E-state index is 0.0233. The number of hydrogen-bond donors (Lipinski definition) is 0. The molecule has 5 nitrogen and oxygen atoms in total. The van der Waals surface area contributed by atoms with Gasteiger partial charge >= 0.3 is 0 Å². The van der Waals surface area contributed by atoms with Gasteiger partial charge in [0.1, 0.15) is 5.75 Å². The van der Waals surface area contributed by atoms with Crippen molar-refractivity contribution in [1.82, 2.24) is 10.0 Å². The molecule has 2 saturated heterocycles. The van der Waals surface area contributed by atoms with Gasteiger partial charge in [-0.05, 0) is 43.4 Å². The van der Waals surface area contributed by atoms with Gasteiger partial charge < -0.3 is 9.47 Å². The van der Waals surface area contributed by atoms with Crippen molar-refractivity contribution >= 4 is 17.5 Å². The molecule has 0 radical (unpaired) electrons. The third-order valence-electron chi connectivity index (χ3n) is 4.80. The van der Waals surface area contributed by atoms with Crippen LogP contribution in [0.15, 0.2) is 18.2 Å². The van der Waals surface area contributed by atoms with E-state index in [1.807, 2.05) is 17.1 Å². The van der Waals surface area contributed by atoms with Gasteiger partial charge in [-0.15, -0.1) is 0 Å². The molecular formula is C18H25ClN2O3. The Morgan fingerprint density at radius 3 is 2.71 bits per heavy atom. The van der Waals surface area contributed by atoms with Crippen molar-refractivity contribution in [2.75, 3.05) is 33.5 Å². The number of amides is 1. The van der Waals surface area contributed by atoms with Crippen LogP contribution in [0.25, 0.3) is 0 Å². The van der Waals surface area contributed by atoms with E-state index in [2.05, 4.69) is 5.01 Å². The molecule has 0 saturated carbocycles. The van der Waals surface area contributed by atoms with Crippen LogP contribution in [0.2, 0.25) is 5.02 Å². The van der Waals surface area contributed by atoms with Crippen LogP contribution in [-0.4, -0.2) is 49.5 Å². The molecule has 0 aromatic heterocycles. The summed E-state index contributed by atoms with van der Waals surface area (Å²) in [4.78, 5) is 12.7. The first kappa shape index (κ1) is 17.5. The average Bonchev–Trinajstić information content (AvgIpc) is 2.96. The number of carbonyl (C=O) groups is 1.